The lowest BCUT2D eigenvalue weighted by atomic mass is 9.91. The summed E-state index contributed by atoms with van der Waals surface area (Å²) in [6.07, 6.45) is 0.173. The maximum absolute atomic E-state index is 12.3. The van der Waals surface area contributed by atoms with E-state index in [0.29, 0.717) is 5.01 Å². The van der Waals surface area contributed by atoms with Gasteiger partial charge >= 0.3 is 12.1 Å². The number of nitrogens with zero attached hydrogens (tertiary/aromatic N) is 2. The fourth-order valence-electron chi connectivity index (χ4n) is 2.99. The van der Waals surface area contributed by atoms with Crippen LogP contribution in [-0.4, -0.2) is 58.7 Å². The molecule has 1 aliphatic carbocycles. The number of carboxylic acid groups (broad SMARTS) is 1. The number of rotatable bonds is 2. The predicted molar refractivity (Wildman–Crippen MR) is 93.5 cm³/mol. The van der Waals surface area contributed by atoms with Crippen LogP contribution < -0.4 is 11.1 Å². The van der Waals surface area contributed by atoms with Gasteiger partial charge in [0.25, 0.3) is 5.91 Å². The molecule has 0 radical (unpaired) electrons. The number of halogens is 3. The van der Waals surface area contributed by atoms with Crippen molar-refractivity contribution >= 4 is 23.2 Å². The Labute approximate surface area is 158 Å². The van der Waals surface area contributed by atoms with Crippen LogP contribution in [0, 0.1) is 0 Å². The molecular weight excluding hydrogens is 385 g/mol. The SMILES string of the molecule is CN1CCc2nc(C(=O)NC3CCCCC3N)sc2C1.O=C(O)C(F)(F)F. The first-order valence-electron chi connectivity index (χ1n) is 8.61. The van der Waals surface area contributed by atoms with Crippen LogP contribution in [0.5, 0.6) is 0 Å². The smallest absolute Gasteiger partial charge is 0.475 e. The van der Waals surface area contributed by atoms with Crippen molar-refractivity contribution in [1.82, 2.24) is 15.2 Å². The third kappa shape index (κ3) is 6.15. The minimum Gasteiger partial charge on any atom is -0.475 e. The van der Waals surface area contributed by atoms with Crippen LogP contribution in [0.25, 0.3) is 0 Å². The second-order valence-electron chi connectivity index (χ2n) is 6.71. The minimum absolute atomic E-state index is 0.0468. The first kappa shape index (κ1) is 21.6. The number of nitrogens with one attached hydrogen (secondary N) is 1. The van der Waals surface area contributed by atoms with Gasteiger partial charge in [-0.25, -0.2) is 9.78 Å². The zero-order valence-electron chi connectivity index (χ0n) is 14.9. The molecule has 1 aliphatic heterocycles. The summed E-state index contributed by atoms with van der Waals surface area (Å²) in [5.74, 6) is -2.80. The maximum Gasteiger partial charge on any atom is 0.490 e. The van der Waals surface area contributed by atoms with Crippen molar-refractivity contribution in [3.63, 3.8) is 0 Å². The van der Waals surface area contributed by atoms with E-state index in [0.717, 1.165) is 44.5 Å². The summed E-state index contributed by atoms with van der Waals surface area (Å²) in [5, 5.41) is 10.8. The lowest BCUT2D eigenvalue weighted by Gasteiger charge is -2.28. The number of likely N-dealkylation sites (N-methyl/N-ethyl adjacent to an activating group) is 1. The average molecular weight is 408 g/mol. The first-order chi connectivity index (χ1) is 12.6. The molecule has 0 aromatic carbocycles. The molecule has 0 bridgehead atoms. The summed E-state index contributed by atoms with van der Waals surface area (Å²) in [4.78, 5) is 29.2. The van der Waals surface area contributed by atoms with Gasteiger partial charge in [-0.2, -0.15) is 13.2 Å². The number of carboxylic acids is 1. The van der Waals surface area contributed by atoms with Crippen LogP contribution in [0.2, 0.25) is 0 Å². The van der Waals surface area contributed by atoms with Gasteiger partial charge in [-0.3, -0.25) is 4.79 Å². The highest BCUT2D eigenvalue weighted by Crippen LogP contribution is 2.25. The average Bonchev–Trinajstić information content (AvgIpc) is 3.00. The van der Waals surface area contributed by atoms with E-state index in [1.165, 1.54) is 22.6 Å². The fourth-order valence-corrected chi connectivity index (χ4v) is 4.08. The summed E-state index contributed by atoms with van der Waals surface area (Å²) in [6.45, 7) is 1.93. The molecule has 7 nitrogen and oxygen atoms in total. The number of thiazole rings is 1. The number of carbonyl (C=O) groups excluding carboxylic acids is 1. The Hall–Kier alpha value is -1.72. The van der Waals surface area contributed by atoms with Gasteiger partial charge in [-0.1, -0.05) is 12.8 Å². The van der Waals surface area contributed by atoms with Crippen molar-refractivity contribution in [1.29, 1.82) is 0 Å². The van der Waals surface area contributed by atoms with Crippen molar-refractivity contribution in [3.8, 4) is 0 Å². The second kappa shape index (κ2) is 8.98. The number of fused-ring (bicyclic) bond motifs is 1. The molecule has 1 fully saturated rings. The lowest BCUT2D eigenvalue weighted by Crippen LogP contribution is -2.49. The highest BCUT2D eigenvalue weighted by molar-refractivity contribution is 7.13. The zero-order chi connectivity index (χ0) is 20.2. The Kier molecular flexibility index (Phi) is 7.18. The summed E-state index contributed by atoms with van der Waals surface area (Å²) >= 11 is 1.53. The Balaban J connectivity index is 0.000000321. The van der Waals surface area contributed by atoms with Gasteiger partial charge in [0.15, 0.2) is 5.01 Å². The van der Waals surface area contributed by atoms with Crippen molar-refractivity contribution in [2.45, 2.75) is 56.9 Å². The van der Waals surface area contributed by atoms with E-state index in [-0.39, 0.29) is 18.0 Å². The van der Waals surface area contributed by atoms with Crippen molar-refractivity contribution in [2.24, 2.45) is 5.73 Å². The molecule has 0 saturated heterocycles. The molecule has 27 heavy (non-hydrogen) atoms. The second-order valence-corrected chi connectivity index (χ2v) is 7.79. The Bertz CT molecular complexity index is 680. The van der Waals surface area contributed by atoms with Gasteiger partial charge in [0.05, 0.1) is 5.69 Å². The van der Waals surface area contributed by atoms with Gasteiger partial charge in [-0.15, -0.1) is 11.3 Å². The third-order valence-electron chi connectivity index (χ3n) is 4.49. The lowest BCUT2D eigenvalue weighted by molar-refractivity contribution is -0.192. The molecule has 2 heterocycles. The molecule has 1 aromatic rings. The quantitative estimate of drug-likeness (QED) is 0.688. The molecule has 4 N–H and O–H groups in total. The van der Waals surface area contributed by atoms with Crippen molar-refractivity contribution in [2.75, 3.05) is 13.6 Å². The molecular formula is C16H23F3N4O3S. The molecule has 152 valence electrons. The van der Waals surface area contributed by atoms with Gasteiger partial charge in [0, 0.05) is 36.5 Å². The highest BCUT2D eigenvalue weighted by atomic mass is 32.1. The monoisotopic (exact) mass is 408 g/mol. The van der Waals surface area contributed by atoms with E-state index in [9.17, 15) is 18.0 Å². The maximum atomic E-state index is 12.3. The summed E-state index contributed by atoms with van der Waals surface area (Å²) in [5.41, 5.74) is 7.19. The number of hydrogen-bond donors (Lipinski definition) is 3. The highest BCUT2D eigenvalue weighted by Gasteiger charge is 2.38. The molecule has 2 atom stereocenters. The fraction of sp³-hybridized carbons (Fsp3) is 0.688. The minimum atomic E-state index is -5.08. The Morgan fingerprint density at radius 3 is 2.56 bits per heavy atom. The molecule has 1 aromatic heterocycles. The van der Waals surface area contributed by atoms with Crippen molar-refractivity contribution < 1.29 is 27.9 Å². The first-order valence-corrected chi connectivity index (χ1v) is 9.43. The topological polar surface area (TPSA) is 109 Å². The molecule has 3 rings (SSSR count). The van der Waals surface area contributed by atoms with E-state index in [4.69, 9.17) is 15.6 Å². The third-order valence-corrected chi connectivity index (χ3v) is 5.58. The molecule has 1 amide bonds. The summed E-state index contributed by atoms with van der Waals surface area (Å²) in [7, 11) is 2.10. The number of carbonyl (C=O) groups is 2. The van der Waals surface area contributed by atoms with E-state index in [1.807, 2.05) is 0 Å². The zero-order valence-corrected chi connectivity index (χ0v) is 15.7. The molecule has 2 aliphatic rings. The van der Waals surface area contributed by atoms with Crippen LogP contribution in [-0.2, 0) is 17.8 Å². The molecule has 11 heteroatoms. The predicted octanol–water partition coefficient (Wildman–Crippen LogP) is 1.76. The Morgan fingerprint density at radius 2 is 1.96 bits per heavy atom. The Morgan fingerprint density at radius 1 is 1.33 bits per heavy atom. The van der Waals surface area contributed by atoms with Gasteiger partial charge in [-0.05, 0) is 19.9 Å². The number of amides is 1. The number of alkyl halides is 3. The van der Waals surface area contributed by atoms with Gasteiger partial charge in [0.1, 0.15) is 0 Å². The standard InChI is InChI=1S/C14H22N4OS.C2HF3O2/c1-18-7-6-11-12(8-18)20-14(17-11)13(19)16-10-5-3-2-4-9(10)15;3-2(4,5)1(6)7/h9-10H,2-8,15H2,1H3,(H,16,19);(H,6,7). The van der Waals surface area contributed by atoms with E-state index in [1.54, 1.807) is 0 Å². The van der Waals surface area contributed by atoms with Crippen molar-refractivity contribution in [3.05, 3.63) is 15.6 Å². The van der Waals surface area contributed by atoms with Crippen LogP contribution in [0.4, 0.5) is 13.2 Å². The summed E-state index contributed by atoms with van der Waals surface area (Å²) in [6, 6.07) is 0.202. The van der Waals surface area contributed by atoms with E-state index >= 15 is 0 Å². The number of aliphatic carboxylic acids is 1. The van der Waals surface area contributed by atoms with Crippen LogP contribution in [0.3, 0.4) is 0 Å². The summed E-state index contributed by atoms with van der Waals surface area (Å²) < 4.78 is 31.7. The number of nitrogens with two attached hydrogens (primary N) is 1. The van der Waals surface area contributed by atoms with Crippen LogP contribution >= 0.6 is 11.3 Å². The number of hydrogen-bond acceptors (Lipinski definition) is 6. The molecule has 0 spiro atoms. The van der Waals surface area contributed by atoms with Crippen LogP contribution in [0.1, 0.15) is 46.1 Å². The largest absolute Gasteiger partial charge is 0.490 e. The molecule has 2 unspecified atom stereocenters. The van der Waals surface area contributed by atoms with E-state index < -0.39 is 12.1 Å². The van der Waals surface area contributed by atoms with E-state index in [2.05, 4.69) is 22.2 Å². The molecule has 1 saturated carbocycles. The number of aromatic nitrogens is 1. The van der Waals surface area contributed by atoms with Gasteiger partial charge in [0.2, 0.25) is 0 Å². The normalized spacial score (nSPS) is 23.0. The van der Waals surface area contributed by atoms with Gasteiger partial charge < -0.3 is 21.1 Å². The van der Waals surface area contributed by atoms with Crippen LogP contribution in [0.15, 0.2) is 0 Å².